The van der Waals surface area contributed by atoms with Gasteiger partial charge in [0.05, 0.1) is 6.04 Å². The average Bonchev–Trinajstić information content (AvgIpc) is 2.52. The second-order valence-corrected chi connectivity index (χ2v) is 5.56. The molecule has 1 heterocycles. The number of benzene rings is 2. The third kappa shape index (κ3) is 4.47. The van der Waals surface area contributed by atoms with Gasteiger partial charge < -0.3 is 29.7 Å². The first-order valence-corrected chi connectivity index (χ1v) is 7.37. The molecule has 3 rings (SSSR count). The molecule has 1 aliphatic heterocycles. The third-order valence-electron chi connectivity index (χ3n) is 4.13. The van der Waals surface area contributed by atoms with E-state index in [0.29, 0.717) is 6.04 Å². The van der Waals surface area contributed by atoms with E-state index in [9.17, 15) is 0 Å². The van der Waals surface area contributed by atoms with E-state index < -0.39 is 0 Å². The van der Waals surface area contributed by atoms with Gasteiger partial charge in [0.15, 0.2) is 0 Å². The van der Waals surface area contributed by atoms with Crippen LogP contribution in [0.4, 0.5) is 0 Å². The number of rotatable bonds is 3. The van der Waals surface area contributed by atoms with Crippen LogP contribution in [0.5, 0.6) is 0 Å². The maximum atomic E-state index is 2.60. The van der Waals surface area contributed by atoms with Crippen LogP contribution in [-0.2, 0) is 0 Å². The quantitative estimate of drug-likeness (QED) is 0.590. The molecule has 2 nitrogen and oxygen atoms in total. The summed E-state index contributed by atoms with van der Waals surface area (Å²) < 4.78 is 0. The summed E-state index contributed by atoms with van der Waals surface area (Å²) in [4.78, 5) is 5.01. The molecule has 1 fully saturated rings. The van der Waals surface area contributed by atoms with E-state index in [1.807, 2.05) is 0 Å². The number of piperazine rings is 1. The minimum Gasteiger partial charge on any atom is -1.00 e. The Morgan fingerprint density at radius 3 is 1.50 bits per heavy atom. The highest BCUT2D eigenvalue weighted by atomic mass is 35.5. The lowest BCUT2D eigenvalue weighted by Crippen LogP contribution is -3.00. The molecule has 22 heavy (non-hydrogen) atoms. The minimum atomic E-state index is 0. The van der Waals surface area contributed by atoms with Crippen LogP contribution in [0.25, 0.3) is 0 Å². The van der Waals surface area contributed by atoms with Crippen LogP contribution >= 0.6 is 0 Å². The molecule has 0 aliphatic carbocycles. The van der Waals surface area contributed by atoms with Gasteiger partial charge in [-0.25, -0.2) is 0 Å². The molecule has 0 amide bonds. The monoisotopic (exact) mass is 336 g/mol. The van der Waals surface area contributed by atoms with Crippen molar-refractivity contribution in [2.75, 3.05) is 33.2 Å². The van der Waals surface area contributed by atoms with Crippen molar-refractivity contribution in [2.45, 2.75) is 6.04 Å². The molecule has 2 aromatic carbocycles. The van der Waals surface area contributed by atoms with E-state index in [1.54, 1.807) is 0 Å². The van der Waals surface area contributed by atoms with Crippen molar-refractivity contribution in [1.29, 1.82) is 0 Å². The lowest BCUT2D eigenvalue weighted by molar-refractivity contribution is -0.001000. The first kappa shape index (κ1) is 19.0. The molecule has 0 saturated carbocycles. The SMILES string of the molecule is CN1CCN(C(c2ccccc2)c2ccccc2)CC1.[Cl-].[Cl-]. The normalized spacial score (nSPS) is 15.9. The Hall–Kier alpha value is -1.06. The van der Waals surface area contributed by atoms with Crippen molar-refractivity contribution in [3.63, 3.8) is 0 Å². The highest BCUT2D eigenvalue weighted by Crippen LogP contribution is 2.29. The largest absolute Gasteiger partial charge is 1.00 e. The first-order chi connectivity index (χ1) is 9.84. The van der Waals surface area contributed by atoms with Gasteiger partial charge in [0.2, 0.25) is 0 Å². The fourth-order valence-electron chi connectivity index (χ4n) is 2.96. The van der Waals surface area contributed by atoms with E-state index in [2.05, 4.69) is 77.5 Å². The predicted molar refractivity (Wildman–Crippen MR) is 83.8 cm³/mol. The topological polar surface area (TPSA) is 6.48 Å². The summed E-state index contributed by atoms with van der Waals surface area (Å²) in [5, 5.41) is 0. The summed E-state index contributed by atoms with van der Waals surface area (Å²) in [6.07, 6.45) is 0. The van der Waals surface area contributed by atoms with Crippen LogP contribution in [0, 0.1) is 0 Å². The zero-order valence-electron chi connectivity index (χ0n) is 12.8. The van der Waals surface area contributed by atoms with E-state index in [4.69, 9.17) is 0 Å². The molecule has 0 unspecified atom stereocenters. The van der Waals surface area contributed by atoms with Crippen LogP contribution < -0.4 is 24.8 Å². The fraction of sp³-hybridized carbons (Fsp3) is 0.333. The Morgan fingerprint density at radius 1 is 0.682 bits per heavy atom. The molecular weight excluding hydrogens is 315 g/mol. The molecule has 0 N–H and O–H groups in total. The van der Waals surface area contributed by atoms with Crippen LogP contribution in [-0.4, -0.2) is 43.0 Å². The number of hydrogen-bond donors (Lipinski definition) is 0. The summed E-state index contributed by atoms with van der Waals surface area (Å²) >= 11 is 0. The maximum absolute atomic E-state index is 2.60. The van der Waals surface area contributed by atoms with Crippen LogP contribution in [0.15, 0.2) is 60.7 Å². The molecular formula is C18H22Cl2N2-2. The van der Waals surface area contributed by atoms with E-state index in [-0.39, 0.29) is 24.8 Å². The Labute approximate surface area is 145 Å². The zero-order chi connectivity index (χ0) is 13.8. The molecule has 4 heteroatoms. The van der Waals surface area contributed by atoms with Crippen LogP contribution in [0.2, 0.25) is 0 Å². The van der Waals surface area contributed by atoms with Gasteiger partial charge in [0.25, 0.3) is 0 Å². The smallest absolute Gasteiger partial charge is 0.0602 e. The molecule has 0 radical (unpaired) electrons. The molecule has 1 saturated heterocycles. The Bertz CT molecular complexity index is 486. The highest BCUT2D eigenvalue weighted by molar-refractivity contribution is 5.31. The Balaban J connectivity index is 0.00000121. The van der Waals surface area contributed by atoms with Crippen molar-refractivity contribution in [2.24, 2.45) is 0 Å². The number of hydrogen-bond acceptors (Lipinski definition) is 2. The number of nitrogens with zero attached hydrogens (tertiary/aromatic N) is 2. The van der Waals surface area contributed by atoms with Crippen LogP contribution in [0.1, 0.15) is 17.2 Å². The number of likely N-dealkylation sites (N-methyl/N-ethyl adjacent to an activating group) is 1. The molecule has 0 aromatic heterocycles. The van der Waals surface area contributed by atoms with Gasteiger partial charge in [-0.1, -0.05) is 60.7 Å². The van der Waals surface area contributed by atoms with Gasteiger partial charge in [-0.15, -0.1) is 0 Å². The standard InChI is InChI=1S/C18H22N2.2ClH/c1-19-12-14-20(15-13-19)18(16-8-4-2-5-9-16)17-10-6-3-7-11-17;;/h2-11,18H,12-15H2,1H3;2*1H/p-2. The van der Waals surface area contributed by atoms with Crippen molar-refractivity contribution in [1.82, 2.24) is 9.80 Å². The predicted octanol–water partition coefficient (Wildman–Crippen LogP) is -2.97. The summed E-state index contributed by atoms with van der Waals surface area (Å²) in [7, 11) is 2.21. The molecule has 120 valence electrons. The zero-order valence-corrected chi connectivity index (χ0v) is 14.3. The third-order valence-corrected chi connectivity index (χ3v) is 4.13. The Morgan fingerprint density at radius 2 is 1.09 bits per heavy atom. The lowest BCUT2D eigenvalue weighted by Gasteiger charge is -2.38. The second-order valence-electron chi connectivity index (χ2n) is 5.56. The van der Waals surface area contributed by atoms with Gasteiger partial charge in [-0.05, 0) is 18.2 Å². The highest BCUT2D eigenvalue weighted by Gasteiger charge is 2.24. The lowest BCUT2D eigenvalue weighted by atomic mass is 9.96. The minimum absolute atomic E-state index is 0. The van der Waals surface area contributed by atoms with Crippen molar-refractivity contribution >= 4 is 0 Å². The van der Waals surface area contributed by atoms with Gasteiger partial charge in [-0.2, -0.15) is 0 Å². The summed E-state index contributed by atoms with van der Waals surface area (Å²) in [6.45, 7) is 4.56. The van der Waals surface area contributed by atoms with E-state index >= 15 is 0 Å². The fourth-order valence-corrected chi connectivity index (χ4v) is 2.96. The van der Waals surface area contributed by atoms with Gasteiger partial charge >= 0.3 is 0 Å². The summed E-state index contributed by atoms with van der Waals surface area (Å²) in [6, 6.07) is 22.1. The van der Waals surface area contributed by atoms with E-state index in [1.165, 1.54) is 11.1 Å². The summed E-state index contributed by atoms with van der Waals surface area (Å²) in [5.41, 5.74) is 2.78. The number of halogens is 2. The first-order valence-electron chi connectivity index (χ1n) is 7.37. The van der Waals surface area contributed by atoms with Gasteiger partial charge in [-0.3, -0.25) is 4.90 Å². The average molecular weight is 337 g/mol. The molecule has 0 bridgehead atoms. The molecule has 2 aromatic rings. The molecule has 0 spiro atoms. The van der Waals surface area contributed by atoms with Gasteiger partial charge in [0, 0.05) is 26.2 Å². The Kier molecular flexibility index (Phi) is 7.91. The summed E-state index contributed by atoms with van der Waals surface area (Å²) in [5.74, 6) is 0. The maximum Gasteiger partial charge on any atom is 0.0602 e. The van der Waals surface area contributed by atoms with Crippen LogP contribution in [0.3, 0.4) is 0 Å². The van der Waals surface area contributed by atoms with Crippen molar-refractivity contribution < 1.29 is 24.8 Å². The van der Waals surface area contributed by atoms with Crippen molar-refractivity contribution in [3.05, 3.63) is 71.8 Å². The molecule has 1 aliphatic rings. The molecule has 0 atom stereocenters. The second kappa shape index (κ2) is 9.16. The van der Waals surface area contributed by atoms with E-state index in [0.717, 1.165) is 26.2 Å². The van der Waals surface area contributed by atoms with Crippen molar-refractivity contribution in [3.8, 4) is 0 Å². The van der Waals surface area contributed by atoms with Gasteiger partial charge in [0.1, 0.15) is 0 Å².